The van der Waals surface area contributed by atoms with Crippen LogP contribution in [0.25, 0.3) is 0 Å². The first-order valence-corrected chi connectivity index (χ1v) is 9.39. The molecule has 0 saturated carbocycles. The standard InChI is InChI=1S/C21H26ClN3O.ClH/c1-21(14-23)10-11-25(15-21)13-19(26)24-20(16-6-3-2-4-7-16)17-8-5-9-18(22)12-17;/h2-9,12,20H,10-11,13-15,23H2,1H3,(H,24,26);1H. The first-order valence-electron chi connectivity index (χ1n) is 9.01. The van der Waals surface area contributed by atoms with Crippen molar-refractivity contribution in [3.8, 4) is 0 Å². The molecule has 4 nitrogen and oxygen atoms in total. The highest BCUT2D eigenvalue weighted by atomic mass is 35.5. The number of rotatable bonds is 6. The highest BCUT2D eigenvalue weighted by Gasteiger charge is 2.33. The number of amides is 1. The first-order chi connectivity index (χ1) is 12.5. The lowest BCUT2D eigenvalue weighted by Gasteiger charge is -2.24. The number of nitrogens with two attached hydrogens (primary N) is 1. The van der Waals surface area contributed by atoms with Crippen LogP contribution in [0.1, 0.15) is 30.5 Å². The van der Waals surface area contributed by atoms with E-state index < -0.39 is 0 Å². The van der Waals surface area contributed by atoms with E-state index in [0.717, 1.165) is 30.6 Å². The van der Waals surface area contributed by atoms with Crippen LogP contribution in [0, 0.1) is 5.41 Å². The molecule has 0 radical (unpaired) electrons. The normalized spacial score (nSPS) is 20.7. The fourth-order valence-electron chi connectivity index (χ4n) is 3.53. The molecule has 2 aromatic rings. The van der Waals surface area contributed by atoms with Crippen molar-refractivity contribution in [1.82, 2.24) is 10.2 Å². The number of carbonyl (C=O) groups excluding carboxylic acids is 1. The van der Waals surface area contributed by atoms with E-state index in [1.807, 2.05) is 54.6 Å². The summed E-state index contributed by atoms with van der Waals surface area (Å²) < 4.78 is 0. The molecular weight excluding hydrogens is 381 g/mol. The third-order valence-electron chi connectivity index (χ3n) is 5.12. The van der Waals surface area contributed by atoms with Crippen LogP contribution >= 0.6 is 24.0 Å². The molecular formula is C21H27Cl2N3O. The van der Waals surface area contributed by atoms with Gasteiger partial charge in [-0.1, -0.05) is 61.0 Å². The maximum atomic E-state index is 12.7. The predicted octanol–water partition coefficient (Wildman–Crippen LogP) is 3.64. The predicted molar refractivity (Wildman–Crippen MR) is 113 cm³/mol. The summed E-state index contributed by atoms with van der Waals surface area (Å²) in [6, 6.07) is 17.4. The Morgan fingerprint density at radius 2 is 1.93 bits per heavy atom. The highest BCUT2D eigenvalue weighted by Crippen LogP contribution is 2.28. The van der Waals surface area contributed by atoms with Crippen LogP contribution in [0.5, 0.6) is 0 Å². The third kappa shape index (κ3) is 5.69. The summed E-state index contributed by atoms with van der Waals surface area (Å²) in [6.07, 6.45) is 1.03. The molecule has 1 saturated heterocycles. The molecule has 0 aromatic heterocycles. The maximum absolute atomic E-state index is 12.7. The van der Waals surface area contributed by atoms with Crippen LogP contribution in [0.2, 0.25) is 5.02 Å². The van der Waals surface area contributed by atoms with Gasteiger partial charge in [0.15, 0.2) is 0 Å². The summed E-state index contributed by atoms with van der Waals surface area (Å²) in [6.45, 7) is 5.00. The first kappa shape index (κ1) is 21.7. The molecule has 1 heterocycles. The van der Waals surface area contributed by atoms with Crippen molar-refractivity contribution in [2.45, 2.75) is 19.4 Å². The second-order valence-corrected chi connectivity index (χ2v) is 7.88. The second kappa shape index (κ2) is 9.56. The summed E-state index contributed by atoms with van der Waals surface area (Å²) in [5, 5.41) is 3.84. The molecule has 0 aliphatic carbocycles. The monoisotopic (exact) mass is 407 g/mol. The number of hydrogen-bond acceptors (Lipinski definition) is 3. The highest BCUT2D eigenvalue weighted by molar-refractivity contribution is 6.30. The molecule has 2 aromatic carbocycles. The molecule has 1 aliphatic rings. The van der Waals surface area contributed by atoms with Gasteiger partial charge in [-0.25, -0.2) is 0 Å². The number of likely N-dealkylation sites (tertiary alicyclic amines) is 1. The quantitative estimate of drug-likeness (QED) is 0.768. The van der Waals surface area contributed by atoms with Crippen LogP contribution in [0.4, 0.5) is 0 Å². The number of benzene rings is 2. The van der Waals surface area contributed by atoms with E-state index in [9.17, 15) is 4.79 Å². The van der Waals surface area contributed by atoms with E-state index >= 15 is 0 Å². The van der Waals surface area contributed by atoms with Gasteiger partial charge in [-0.3, -0.25) is 9.69 Å². The minimum absolute atomic E-state index is 0. The molecule has 27 heavy (non-hydrogen) atoms. The zero-order valence-electron chi connectivity index (χ0n) is 15.5. The Morgan fingerprint density at radius 3 is 2.56 bits per heavy atom. The lowest BCUT2D eigenvalue weighted by Crippen LogP contribution is -2.39. The Kier molecular flexibility index (Phi) is 7.68. The number of hydrogen-bond donors (Lipinski definition) is 2. The smallest absolute Gasteiger partial charge is 0.234 e. The fraction of sp³-hybridized carbons (Fsp3) is 0.381. The van der Waals surface area contributed by atoms with E-state index in [4.69, 9.17) is 17.3 Å². The van der Waals surface area contributed by atoms with Gasteiger partial charge in [-0.2, -0.15) is 0 Å². The zero-order valence-corrected chi connectivity index (χ0v) is 17.1. The van der Waals surface area contributed by atoms with Crippen LogP contribution in [0.15, 0.2) is 54.6 Å². The van der Waals surface area contributed by atoms with Gasteiger partial charge in [0, 0.05) is 11.6 Å². The minimum atomic E-state index is -0.217. The van der Waals surface area contributed by atoms with Gasteiger partial charge in [0.05, 0.1) is 12.6 Å². The second-order valence-electron chi connectivity index (χ2n) is 7.44. The lowest BCUT2D eigenvalue weighted by atomic mass is 9.90. The average Bonchev–Trinajstić information content (AvgIpc) is 3.02. The van der Waals surface area contributed by atoms with Gasteiger partial charge in [-0.15, -0.1) is 12.4 Å². The van der Waals surface area contributed by atoms with Gasteiger partial charge >= 0.3 is 0 Å². The van der Waals surface area contributed by atoms with Crippen molar-refractivity contribution >= 4 is 29.9 Å². The molecule has 2 unspecified atom stereocenters. The van der Waals surface area contributed by atoms with Crippen molar-refractivity contribution in [2.75, 3.05) is 26.2 Å². The van der Waals surface area contributed by atoms with E-state index in [0.29, 0.717) is 18.1 Å². The number of nitrogens with one attached hydrogen (secondary N) is 1. The summed E-state index contributed by atoms with van der Waals surface area (Å²) in [5.74, 6) is 0.0140. The van der Waals surface area contributed by atoms with Crippen LogP contribution in [-0.4, -0.2) is 37.0 Å². The Morgan fingerprint density at radius 1 is 1.22 bits per heavy atom. The molecule has 146 valence electrons. The van der Waals surface area contributed by atoms with Gasteiger partial charge in [0.1, 0.15) is 0 Å². The Bertz CT molecular complexity index is 756. The van der Waals surface area contributed by atoms with E-state index in [2.05, 4.69) is 17.1 Å². The van der Waals surface area contributed by atoms with Crippen LogP contribution in [0.3, 0.4) is 0 Å². The Balaban J connectivity index is 0.00000261. The lowest BCUT2D eigenvalue weighted by molar-refractivity contribution is -0.122. The van der Waals surface area contributed by atoms with Crippen molar-refractivity contribution < 1.29 is 4.79 Å². The number of carbonyl (C=O) groups is 1. The average molecular weight is 408 g/mol. The topological polar surface area (TPSA) is 58.4 Å². The summed E-state index contributed by atoms with van der Waals surface area (Å²) in [5.41, 5.74) is 8.00. The number of nitrogens with zero attached hydrogens (tertiary/aromatic N) is 1. The van der Waals surface area contributed by atoms with E-state index in [-0.39, 0.29) is 29.8 Å². The molecule has 1 aliphatic heterocycles. The summed E-state index contributed by atoms with van der Waals surface area (Å²) in [4.78, 5) is 14.9. The SMILES string of the molecule is CC1(CN)CCN(CC(=O)NC(c2ccccc2)c2cccc(Cl)c2)C1.Cl. The van der Waals surface area contributed by atoms with Crippen molar-refractivity contribution in [3.05, 3.63) is 70.7 Å². The minimum Gasteiger partial charge on any atom is -0.344 e. The molecule has 3 rings (SSSR count). The van der Waals surface area contributed by atoms with Gasteiger partial charge in [0.2, 0.25) is 5.91 Å². The molecule has 2 atom stereocenters. The maximum Gasteiger partial charge on any atom is 0.234 e. The van der Waals surface area contributed by atoms with E-state index in [1.54, 1.807) is 0 Å². The molecule has 1 fully saturated rings. The number of halogens is 2. The van der Waals surface area contributed by atoms with Crippen LogP contribution in [-0.2, 0) is 4.79 Å². The molecule has 0 bridgehead atoms. The van der Waals surface area contributed by atoms with Crippen molar-refractivity contribution in [3.63, 3.8) is 0 Å². The molecule has 0 spiro atoms. The molecule has 1 amide bonds. The van der Waals surface area contributed by atoms with Gasteiger partial charge < -0.3 is 11.1 Å². The molecule has 6 heteroatoms. The fourth-order valence-corrected chi connectivity index (χ4v) is 3.73. The summed E-state index contributed by atoms with van der Waals surface area (Å²) >= 11 is 6.17. The zero-order chi connectivity index (χ0) is 18.6. The summed E-state index contributed by atoms with van der Waals surface area (Å²) in [7, 11) is 0. The van der Waals surface area contributed by atoms with Gasteiger partial charge in [0.25, 0.3) is 0 Å². The Labute approximate surface area is 172 Å². The van der Waals surface area contributed by atoms with E-state index in [1.165, 1.54) is 0 Å². The van der Waals surface area contributed by atoms with Crippen LogP contribution < -0.4 is 11.1 Å². The molecule has 3 N–H and O–H groups in total. The Hall–Kier alpha value is -1.59. The van der Waals surface area contributed by atoms with Crippen molar-refractivity contribution in [2.24, 2.45) is 11.1 Å². The third-order valence-corrected chi connectivity index (χ3v) is 5.35. The van der Waals surface area contributed by atoms with Gasteiger partial charge in [-0.05, 0) is 48.2 Å². The van der Waals surface area contributed by atoms with Crippen molar-refractivity contribution in [1.29, 1.82) is 0 Å². The largest absolute Gasteiger partial charge is 0.344 e.